The van der Waals surface area contributed by atoms with Crippen molar-refractivity contribution < 1.29 is 4.74 Å². The zero-order chi connectivity index (χ0) is 16.6. The van der Waals surface area contributed by atoms with Crippen molar-refractivity contribution in [3.05, 3.63) is 76.9 Å². The molecule has 0 saturated carbocycles. The van der Waals surface area contributed by atoms with Gasteiger partial charge in [-0.3, -0.25) is 4.90 Å². The molecule has 24 heavy (non-hydrogen) atoms. The van der Waals surface area contributed by atoms with E-state index in [2.05, 4.69) is 73.3 Å². The number of benzene rings is 2. The fraction of sp³-hybridized carbons (Fsp3) is 0.364. The summed E-state index contributed by atoms with van der Waals surface area (Å²) in [5.41, 5.74) is 5.90. The Morgan fingerprint density at radius 3 is 2.58 bits per heavy atom. The number of allylic oxidation sites excluding steroid dienone is 1. The molecule has 124 valence electrons. The highest BCUT2D eigenvalue weighted by Gasteiger charge is 2.45. The van der Waals surface area contributed by atoms with E-state index in [0.717, 1.165) is 38.4 Å². The van der Waals surface area contributed by atoms with E-state index >= 15 is 0 Å². The van der Waals surface area contributed by atoms with E-state index in [1.165, 1.54) is 16.7 Å². The fourth-order valence-electron chi connectivity index (χ4n) is 4.16. The third-order valence-electron chi connectivity index (χ3n) is 5.41. The number of fused-ring (bicyclic) bond motifs is 2. The highest BCUT2D eigenvalue weighted by atomic mass is 16.5. The first-order valence-corrected chi connectivity index (χ1v) is 8.80. The topological polar surface area (TPSA) is 12.5 Å². The molecule has 2 aliphatic rings. The summed E-state index contributed by atoms with van der Waals surface area (Å²) in [5.74, 6) is 1.08. The first kappa shape index (κ1) is 15.5. The van der Waals surface area contributed by atoms with Gasteiger partial charge in [-0.2, -0.15) is 0 Å². The van der Waals surface area contributed by atoms with Gasteiger partial charge in [0.15, 0.2) is 0 Å². The molecule has 1 unspecified atom stereocenters. The predicted octanol–water partition coefficient (Wildman–Crippen LogP) is 4.56. The molecule has 2 heterocycles. The van der Waals surface area contributed by atoms with Crippen molar-refractivity contribution in [2.24, 2.45) is 0 Å². The summed E-state index contributed by atoms with van der Waals surface area (Å²) in [6, 6.07) is 19.4. The second-order valence-electron chi connectivity index (χ2n) is 7.48. The van der Waals surface area contributed by atoms with Crippen LogP contribution >= 0.6 is 0 Å². The van der Waals surface area contributed by atoms with Crippen LogP contribution in [0.15, 0.2) is 65.7 Å². The highest BCUT2D eigenvalue weighted by Crippen LogP contribution is 2.46. The standard InChI is InChI=1S/C22H25NO/c1-17(2)19-12-22(16-24-21-11-7-6-10-20(21)22)15-23(14-19)13-18-8-4-3-5-9-18/h3-11H,12-16H2,1-2H3. The molecule has 0 bridgehead atoms. The summed E-state index contributed by atoms with van der Waals surface area (Å²) < 4.78 is 6.07. The average Bonchev–Trinajstić information content (AvgIpc) is 2.94. The van der Waals surface area contributed by atoms with Crippen molar-refractivity contribution in [3.63, 3.8) is 0 Å². The van der Waals surface area contributed by atoms with E-state index in [9.17, 15) is 0 Å². The lowest BCUT2D eigenvalue weighted by molar-refractivity contribution is 0.146. The van der Waals surface area contributed by atoms with Crippen LogP contribution in [0.2, 0.25) is 0 Å². The van der Waals surface area contributed by atoms with Crippen molar-refractivity contribution in [2.75, 3.05) is 19.7 Å². The minimum absolute atomic E-state index is 0.107. The quantitative estimate of drug-likeness (QED) is 0.753. The molecule has 1 fully saturated rings. The van der Waals surface area contributed by atoms with Gasteiger partial charge in [0.05, 0.1) is 6.61 Å². The Morgan fingerprint density at radius 2 is 1.79 bits per heavy atom. The summed E-state index contributed by atoms with van der Waals surface area (Å²) in [6.45, 7) is 8.43. The molecule has 0 aromatic heterocycles. The smallest absolute Gasteiger partial charge is 0.123 e. The fourth-order valence-corrected chi connectivity index (χ4v) is 4.16. The third-order valence-corrected chi connectivity index (χ3v) is 5.41. The normalized spacial score (nSPS) is 23.2. The molecule has 1 saturated heterocycles. The molecule has 0 aliphatic carbocycles. The van der Waals surface area contributed by atoms with Crippen molar-refractivity contribution in [1.29, 1.82) is 0 Å². The first-order chi connectivity index (χ1) is 11.7. The molecule has 1 spiro atoms. The zero-order valence-corrected chi connectivity index (χ0v) is 14.6. The number of para-hydroxylation sites is 1. The Kier molecular flexibility index (Phi) is 3.93. The van der Waals surface area contributed by atoms with E-state index in [1.54, 1.807) is 5.57 Å². The van der Waals surface area contributed by atoms with Crippen LogP contribution in [-0.2, 0) is 12.0 Å². The Morgan fingerprint density at radius 1 is 1.04 bits per heavy atom. The Labute approximate surface area is 144 Å². The average molecular weight is 319 g/mol. The number of rotatable bonds is 2. The van der Waals surface area contributed by atoms with Gasteiger partial charge < -0.3 is 4.74 Å². The van der Waals surface area contributed by atoms with E-state index in [1.807, 2.05) is 0 Å². The van der Waals surface area contributed by atoms with Crippen LogP contribution in [0.3, 0.4) is 0 Å². The van der Waals surface area contributed by atoms with Gasteiger partial charge in [-0.15, -0.1) is 0 Å². The number of nitrogens with zero attached hydrogens (tertiary/aromatic N) is 1. The molecular weight excluding hydrogens is 294 g/mol. The van der Waals surface area contributed by atoms with Crippen LogP contribution in [0.4, 0.5) is 0 Å². The van der Waals surface area contributed by atoms with Crippen LogP contribution in [0.1, 0.15) is 31.4 Å². The Balaban J connectivity index is 1.68. The summed E-state index contributed by atoms with van der Waals surface area (Å²) in [5, 5.41) is 0. The Hall–Kier alpha value is -2.06. The predicted molar refractivity (Wildman–Crippen MR) is 98.3 cm³/mol. The van der Waals surface area contributed by atoms with Gasteiger partial charge >= 0.3 is 0 Å². The minimum atomic E-state index is 0.107. The Bertz CT molecular complexity index is 761. The van der Waals surface area contributed by atoms with Crippen LogP contribution < -0.4 is 4.74 Å². The molecule has 2 aromatic rings. The van der Waals surface area contributed by atoms with Gasteiger partial charge in [0.1, 0.15) is 5.75 Å². The molecule has 2 aromatic carbocycles. The van der Waals surface area contributed by atoms with Crippen LogP contribution in [-0.4, -0.2) is 24.6 Å². The van der Waals surface area contributed by atoms with E-state index in [0.29, 0.717) is 0 Å². The summed E-state index contributed by atoms with van der Waals surface area (Å²) >= 11 is 0. The van der Waals surface area contributed by atoms with Crippen molar-refractivity contribution in [1.82, 2.24) is 4.90 Å². The molecular formula is C22H25NO. The zero-order valence-electron chi connectivity index (χ0n) is 14.6. The van der Waals surface area contributed by atoms with Crippen molar-refractivity contribution in [3.8, 4) is 5.75 Å². The second-order valence-corrected chi connectivity index (χ2v) is 7.48. The molecule has 2 heteroatoms. The molecule has 0 N–H and O–H groups in total. The third kappa shape index (κ3) is 2.76. The summed E-state index contributed by atoms with van der Waals surface area (Å²) in [4.78, 5) is 2.59. The lowest BCUT2D eigenvalue weighted by Crippen LogP contribution is -2.48. The number of ether oxygens (including phenoxy) is 1. The van der Waals surface area contributed by atoms with Gasteiger partial charge in [-0.05, 0) is 31.9 Å². The van der Waals surface area contributed by atoms with Gasteiger partial charge in [-0.25, -0.2) is 0 Å². The molecule has 4 rings (SSSR count). The number of likely N-dealkylation sites (tertiary alicyclic amines) is 1. The first-order valence-electron chi connectivity index (χ1n) is 8.80. The maximum Gasteiger partial charge on any atom is 0.123 e. The minimum Gasteiger partial charge on any atom is -0.492 e. The second kappa shape index (κ2) is 6.10. The highest BCUT2D eigenvalue weighted by molar-refractivity contribution is 5.46. The largest absolute Gasteiger partial charge is 0.492 e. The van der Waals surface area contributed by atoms with E-state index < -0.39 is 0 Å². The molecule has 2 nitrogen and oxygen atoms in total. The van der Waals surface area contributed by atoms with Crippen LogP contribution in [0, 0.1) is 0 Å². The van der Waals surface area contributed by atoms with Crippen molar-refractivity contribution >= 4 is 0 Å². The molecule has 0 radical (unpaired) electrons. The SMILES string of the molecule is CC(C)=C1CN(Cc2ccccc2)CC2(COc3ccccc32)C1. The number of hydrogen-bond donors (Lipinski definition) is 0. The number of hydrogen-bond acceptors (Lipinski definition) is 2. The van der Waals surface area contributed by atoms with E-state index in [-0.39, 0.29) is 5.41 Å². The number of piperidine rings is 1. The maximum absolute atomic E-state index is 6.07. The van der Waals surface area contributed by atoms with Gasteiger partial charge in [0, 0.05) is 30.6 Å². The van der Waals surface area contributed by atoms with Crippen LogP contribution in [0.25, 0.3) is 0 Å². The summed E-state index contributed by atoms with van der Waals surface area (Å²) in [7, 11) is 0. The van der Waals surface area contributed by atoms with Gasteiger partial charge in [0.2, 0.25) is 0 Å². The van der Waals surface area contributed by atoms with Crippen molar-refractivity contribution in [2.45, 2.75) is 32.2 Å². The lowest BCUT2D eigenvalue weighted by Gasteiger charge is -2.41. The summed E-state index contributed by atoms with van der Waals surface area (Å²) in [6.07, 6.45) is 1.12. The maximum atomic E-state index is 6.07. The molecule has 1 atom stereocenters. The van der Waals surface area contributed by atoms with Crippen LogP contribution in [0.5, 0.6) is 5.75 Å². The molecule has 2 aliphatic heterocycles. The van der Waals surface area contributed by atoms with Gasteiger partial charge in [-0.1, -0.05) is 59.7 Å². The van der Waals surface area contributed by atoms with Gasteiger partial charge in [0.25, 0.3) is 0 Å². The molecule has 0 amide bonds. The van der Waals surface area contributed by atoms with E-state index in [4.69, 9.17) is 4.74 Å². The lowest BCUT2D eigenvalue weighted by atomic mass is 9.73. The monoisotopic (exact) mass is 319 g/mol.